The summed E-state index contributed by atoms with van der Waals surface area (Å²) >= 11 is 0. The van der Waals surface area contributed by atoms with Crippen LogP contribution in [-0.2, 0) is 15.0 Å². The lowest BCUT2D eigenvalue weighted by atomic mass is 9.85. The Kier molecular flexibility index (Phi) is 6.77. The molecule has 5 heteroatoms. The van der Waals surface area contributed by atoms with Crippen molar-refractivity contribution in [1.82, 2.24) is 0 Å². The molecule has 1 unspecified atom stereocenters. The normalized spacial score (nSPS) is 17.2. The van der Waals surface area contributed by atoms with Gasteiger partial charge in [0.1, 0.15) is 11.5 Å². The number of carbonyl (C=O) groups is 2. The van der Waals surface area contributed by atoms with E-state index >= 15 is 0 Å². The Labute approximate surface area is 229 Å². The van der Waals surface area contributed by atoms with E-state index in [2.05, 4.69) is 20.8 Å². The third kappa shape index (κ3) is 4.69. The summed E-state index contributed by atoms with van der Waals surface area (Å²) in [5.74, 6) is -0.871. The Morgan fingerprint density at radius 2 is 1.62 bits per heavy atom. The number of aliphatic hydroxyl groups is 1. The van der Waals surface area contributed by atoms with Crippen LogP contribution in [0, 0.1) is 6.92 Å². The molecule has 1 aliphatic heterocycles. The summed E-state index contributed by atoms with van der Waals surface area (Å²) in [7, 11) is 0. The number of amides is 1. The number of hydrogen-bond donors (Lipinski definition) is 1. The minimum atomic E-state index is -0.795. The van der Waals surface area contributed by atoms with Crippen LogP contribution in [0.1, 0.15) is 56.0 Å². The highest BCUT2D eigenvalue weighted by Crippen LogP contribution is 2.44. The average Bonchev–Trinajstić information content (AvgIpc) is 3.18. The van der Waals surface area contributed by atoms with E-state index in [1.165, 1.54) is 4.90 Å². The monoisotopic (exact) mass is 519 g/mol. The molecule has 1 atom stereocenters. The molecule has 0 aliphatic carbocycles. The van der Waals surface area contributed by atoms with E-state index in [4.69, 9.17) is 4.74 Å². The minimum Gasteiger partial charge on any atom is -0.507 e. The molecule has 1 saturated heterocycles. The lowest BCUT2D eigenvalue weighted by Gasteiger charge is -2.27. The summed E-state index contributed by atoms with van der Waals surface area (Å²) < 4.78 is 5.65. The molecule has 0 saturated carbocycles. The highest BCUT2D eigenvalue weighted by atomic mass is 16.5. The van der Waals surface area contributed by atoms with E-state index in [0.29, 0.717) is 23.6 Å². The van der Waals surface area contributed by atoms with Crippen LogP contribution in [-0.4, -0.2) is 23.4 Å². The van der Waals surface area contributed by atoms with Crippen molar-refractivity contribution in [3.8, 4) is 5.75 Å². The van der Waals surface area contributed by atoms with Crippen molar-refractivity contribution in [1.29, 1.82) is 0 Å². The fourth-order valence-electron chi connectivity index (χ4n) is 5.25. The number of hydrogen-bond acceptors (Lipinski definition) is 4. The predicted molar refractivity (Wildman–Crippen MR) is 156 cm³/mol. The lowest BCUT2D eigenvalue weighted by molar-refractivity contribution is -0.132. The molecule has 5 rings (SSSR count). The van der Waals surface area contributed by atoms with Gasteiger partial charge in [-0.2, -0.15) is 0 Å². The number of aliphatic hydroxyl groups excluding tert-OH is 1. The van der Waals surface area contributed by atoms with Gasteiger partial charge in [0.25, 0.3) is 11.7 Å². The molecule has 1 amide bonds. The van der Waals surface area contributed by atoms with E-state index in [-0.39, 0.29) is 16.7 Å². The van der Waals surface area contributed by atoms with Crippen molar-refractivity contribution >= 4 is 33.9 Å². The molecule has 0 bridgehead atoms. The molecule has 4 aromatic carbocycles. The quantitative estimate of drug-likeness (QED) is 0.169. The number of ether oxygens (including phenoxy) is 1. The Morgan fingerprint density at radius 3 is 2.28 bits per heavy atom. The number of aryl methyl sites for hydroxylation is 1. The summed E-state index contributed by atoms with van der Waals surface area (Å²) in [6.07, 6.45) is 0. The number of rotatable bonds is 5. The molecule has 5 nitrogen and oxygen atoms in total. The van der Waals surface area contributed by atoms with Gasteiger partial charge in [-0.3, -0.25) is 14.5 Å². The third-order valence-corrected chi connectivity index (χ3v) is 7.31. The van der Waals surface area contributed by atoms with Crippen LogP contribution in [0.3, 0.4) is 0 Å². The molecular formula is C34H33NO4. The first-order valence-corrected chi connectivity index (χ1v) is 13.2. The SMILES string of the molecule is CCOc1ccc(/C(O)=C2\C(=O)C(=O)N(c3cccc4ccccc34)C2c2ccc(C(C)(C)C)cc2)cc1C. The van der Waals surface area contributed by atoms with Crippen LogP contribution in [0.2, 0.25) is 0 Å². The molecule has 1 N–H and O–H groups in total. The van der Waals surface area contributed by atoms with Gasteiger partial charge in [-0.15, -0.1) is 0 Å². The van der Waals surface area contributed by atoms with Gasteiger partial charge in [0, 0.05) is 10.9 Å². The van der Waals surface area contributed by atoms with E-state index in [9.17, 15) is 14.7 Å². The smallest absolute Gasteiger partial charge is 0.300 e. The van der Waals surface area contributed by atoms with Gasteiger partial charge in [-0.1, -0.05) is 81.4 Å². The first-order chi connectivity index (χ1) is 18.6. The molecule has 0 radical (unpaired) electrons. The summed E-state index contributed by atoms with van der Waals surface area (Å²) in [6.45, 7) is 10.7. The average molecular weight is 520 g/mol. The van der Waals surface area contributed by atoms with Crippen LogP contribution >= 0.6 is 0 Å². The van der Waals surface area contributed by atoms with Gasteiger partial charge >= 0.3 is 0 Å². The maximum atomic E-state index is 13.7. The Hall–Kier alpha value is -4.38. The number of nitrogens with zero attached hydrogens (tertiary/aromatic N) is 1. The summed E-state index contributed by atoms with van der Waals surface area (Å²) in [5.41, 5.74) is 3.81. The topological polar surface area (TPSA) is 66.8 Å². The van der Waals surface area contributed by atoms with Crippen LogP contribution in [0.25, 0.3) is 16.5 Å². The molecule has 1 heterocycles. The first kappa shape index (κ1) is 26.2. The lowest BCUT2D eigenvalue weighted by Crippen LogP contribution is -2.29. The summed E-state index contributed by atoms with van der Waals surface area (Å²) in [5, 5.41) is 13.4. The molecule has 4 aromatic rings. The van der Waals surface area contributed by atoms with Crippen LogP contribution in [0.5, 0.6) is 5.75 Å². The van der Waals surface area contributed by atoms with E-state index in [1.807, 2.05) is 80.6 Å². The highest BCUT2D eigenvalue weighted by Gasteiger charge is 2.47. The molecule has 1 fully saturated rings. The van der Waals surface area contributed by atoms with E-state index in [0.717, 1.165) is 27.5 Å². The van der Waals surface area contributed by atoms with Gasteiger partial charge in [-0.05, 0) is 65.6 Å². The van der Waals surface area contributed by atoms with Crippen LogP contribution in [0.4, 0.5) is 5.69 Å². The zero-order chi connectivity index (χ0) is 27.9. The van der Waals surface area contributed by atoms with Crippen molar-refractivity contribution in [2.45, 2.75) is 46.1 Å². The number of fused-ring (bicyclic) bond motifs is 1. The van der Waals surface area contributed by atoms with Gasteiger partial charge in [0.05, 0.1) is 23.9 Å². The van der Waals surface area contributed by atoms with Crippen molar-refractivity contribution in [2.24, 2.45) is 0 Å². The summed E-state index contributed by atoms with van der Waals surface area (Å²) in [6, 6.07) is 25.9. The second-order valence-corrected chi connectivity index (χ2v) is 11.0. The van der Waals surface area contributed by atoms with Crippen LogP contribution < -0.4 is 9.64 Å². The third-order valence-electron chi connectivity index (χ3n) is 7.31. The van der Waals surface area contributed by atoms with Crippen molar-refractivity contribution in [3.05, 3.63) is 113 Å². The highest BCUT2D eigenvalue weighted by molar-refractivity contribution is 6.52. The molecule has 39 heavy (non-hydrogen) atoms. The van der Waals surface area contributed by atoms with Gasteiger partial charge < -0.3 is 9.84 Å². The summed E-state index contributed by atoms with van der Waals surface area (Å²) in [4.78, 5) is 28.9. The largest absolute Gasteiger partial charge is 0.507 e. The second kappa shape index (κ2) is 10.1. The Balaban J connectivity index is 1.73. The van der Waals surface area contributed by atoms with Gasteiger partial charge in [0.2, 0.25) is 0 Å². The number of Topliss-reactive ketones (excluding diaryl/α,β-unsaturated/α-hetero) is 1. The molecule has 198 valence electrons. The molecule has 0 spiro atoms. The number of carbonyl (C=O) groups excluding carboxylic acids is 2. The Bertz CT molecular complexity index is 1600. The van der Waals surface area contributed by atoms with Gasteiger partial charge in [-0.25, -0.2) is 0 Å². The van der Waals surface area contributed by atoms with Crippen molar-refractivity contribution in [3.63, 3.8) is 0 Å². The predicted octanol–water partition coefficient (Wildman–Crippen LogP) is 7.47. The minimum absolute atomic E-state index is 0.0597. The second-order valence-electron chi connectivity index (χ2n) is 11.0. The van der Waals surface area contributed by atoms with E-state index < -0.39 is 17.7 Å². The standard InChI is InChI=1S/C34H33NO4/c1-6-39-28-19-16-24(20-21(28)2)31(36)29-30(23-14-17-25(18-15-23)34(3,4)5)35(33(38)32(29)37)27-13-9-11-22-10-7-8-12-26(22)27/h7-20,30,36H,6H2,1-5H3/b31-29+. The number of anilines is 1. The van der Waals surface area contributed by atoms with E-state index in [1.54, 1.807) is 18.2 Å². The van der Waals surface area contributed by atoms with Gasteiger partial charge in [0.15, 0.2) is 0 Å². The maximum absolute atomic E-state index is 13.7. The van der Waals surface area contributed by atoms with Crippen molar-refractivity contribution in [2.75, 3.05) is 11.5 Å². The molecule has 0 aromatic heterocycles. The number of ketones is 1. The molecular weight excluding hydrogens is 486 g/mol. The maximum Gasteiger partial charge on any atom is 0.300 e. The number of benzene rings is 4. The Morgan fingerprint density at radius 1 is 0.923 bits per heavy atom. The van der Waals surface area contributed by atoms with Crippen molar-refractivity contribution < 1.29 is 19.4 Å². The first-order valence-electron chi connectivity index (χ1n) is 13.2. The molecule has 1 aliphatic rings. The van der Waals surface area contributed by atoms with Crippen LogP contribution in [0.15, 0.2) is 90.5 Å². The fraction of sp³-hybridized carbons (Fsp3) is 0.235. The fourth-order valence-corrected chi connectivity index (χ4v) is 5.25. The zero-order valence-electron chi connectivity index (χ0n) is 23.0. The zero-order valence-corrected chi connectivity index (χ0v) is 23.0.